The number of hydrogen-bond acceptors (Lipinski definition) is 3. The fraction of sp³-hybridized carbons (Fsp3) is 0.609. The minimum atomic E-state index is -0.132. The van der Waals surface area contributed by atoms with Crippen LogP contribution in [0.5, 0.6) is 5.75 Å². The van der Waals surface area contributed by atoms with Gasteiger partial charge in [0, 0.05) is 10.8 Å². The lowest BCUT2D eigenvalue weighted by atomic mass is 9.49. The molecule has 0 saturated heterocycles. The highest BCUT2D eigenvalue weighted by atomic mass is 16.5. The molecule has 1 aromatic heterocycles. The molecule has 4 nitrogen and oxygen atoms in total. The Kier molecular flexibility index (Phi) is 3.99. The van der Waals surface area contributed by atoms with Crippen LogP contribution in [-0.4, -0.2) is 12.5 Å². The molecule has 4 saturated carbocycles. The Hall–Kier alpha value is -1.97. The van der Waals surface area contributed by atoms with Crippen molar-refractivity contribution < 1.29 is 13.9 Å². The number of nitrogens with one attached hydrogen (secondary N) is 1. The molecule has 1 unspecified atom stereocenters. The van der Waals surface area contributed by atoms with Gasteiger partial charge in [-0.25, -0.2) is 0 Å². The van der Waals surface area contributed by atoms with Crippen LogP contribution in [-0.2, 0) is 4.79 Å². The van der Waals surface area contributed by atoms with Crippen molar-refractivity contribution in [1.82, 2.24) is 5.32 Å². The second-order valence-electron chi connectivity index (χ2n) is 9.15. The number of rotatable bonds is 5. The maximum absolute atomic E-state index is 13.3. The van der Waals surface area contributed by atoms with E-state index in [-0.39, 0.29) is 17.4 Å². The van der Waals surface area contributed by atoms with Gasteiger partial charge in [0.2, 0.25) is 5.91 Å². The van der Waals surface area contributed by atoms with Gasteiger partial charge in [-0.1, -0.05) is 12.1 Å². The van der Waals surface area contributed by atoms with Crippen LogP contribution in [0.4, 0.5) is 0 Å². The largest absolute Gasteiger partial charge is 0.490 e. The van der Waals surface area contributed by atoms with E-state index in [2.05, 4.69) is 5.32 Å². The monoisotopic (exact) mass is 367 g/mol. The standard InChI is InChI=1S/C23H29NO3/c1-3-26-19-6-4-5-18-10-20(27-21(18)19)14(2)24-22(25)23-11-15-7-16(12-23)9-17(8-15)13-23/h4-6,10,14-17H,3,7-9,11-13H2,1-2H3,(H,24,25). The predicted octanol–water partition coefficient (Wildman–Crippen LogP) is 5.23. The van der Waals surface area contributed by atoms with Crippen molar-refractivity contribution in [2.45, 2.75) is 58.4 Å². The highest BCUT2D eigenvalue weighted by Gasteiger charge is 2.54. The molecule has 144 valence electrons. The van der Waals surface area contributed by atoms with Gasteiger partial charge in [-0.15, -0.1) is 0 Å². The number of para-hydroxylation sites is 1. The molecule has 2 aromatic rings. The molecule has 4 bridgehead atoms. The van der Waals surface area contributed by atoms with Crippen molar-refractivity contribution in [1.29, 1.82) is 0 Å². The average Bonchev–Trinajstić information content (AvgIpc) is 3.06. The summed E-state index contributed by atoms with van der Waals surface area (Å²) in [7, 11) is 0. The molecular weight excluding hydrogens is 338 g/mol. The Labute approximate surface area is 160 Å². The molecule has 0 aliphatic heterocycles. The van der Waals surface area contributed by atoms with E-state index in [0.717, 1.165) is 59.5 Å². The van der Waals surface area contributed by atoms with E-state index in [1.807, 2.05) is 38.1 Å². The van der Waals surface area contributed by atoms with E-state index < -0.39 is 0 Å². The first-order valence-corrected chi connectivity index (χ1v) is 10.5. The summed E-state index contributed by atoms with van der Waals surface area (Å²) in [6.45, 7) is 4.60. The number of carbonyl (C=O) groups is 1. The summed E-state index contributed by atoms with van der Waals surface area (Å²) < 4.78 is 11.8. The van der Waals surface area contributed by atoms with Crippen LogP contribution in [0.25, 0.3) is 11.0 Å². The number of carbonyl (C=O) groups excluding carboxylic acids is 1. The van der Waals surface area contributed by atoms with Gasteiger partial charge in [-0.2, -0.15) is 0 Å². The molecule has 0 spiro atoms. The number of benzene rings is 1. The molecule has 1 atom stereocenters. The second kappa shape index (κ2) is 6.29. The summed E-state index contributed by atoms with van der Waals surface area (Å²) in [6, 6.07) is 7.83. The molecule has 1 aromatic carbocycles. The van der Waals surface area contributed by atoms with Crippen molar-refractivity contribution in [3.05, 3.63) is 30.0 Å². The molecule has 27 heavy (non-hydrogen) atoms. The first kappa shape index (κ1) is 17.2. The molecule has 4 aliphatic carbocycles. The topological polar surface area (TPSA) is 51.5 Å². The molecular formula is C23H29NO3. The van der Waals surface area contributed by atoms with Gasteiger partial charge in [0.1, 0.15) is 5.76 Å². The number of ether oxygens (including phenoxy) is 1. The molecule has 4 fully saturated rings. The van der Waals surface area contributed by atoms with Crippen LogP contribution in [0.15, 0.2) is 28.7 Å². The molecule has 0 radical (unpaired) electrons. The van der Waals surface area contributed by atoms with Crippen LogP contribution in [0.2, 0.25) is 0 Å². The predicted molar refractivity (Wildman–Crippen MR) is 105 cm³/mol. The first-order valence-electron chi connectivity index (χ1n) is 10.5. The zero-order valence-electron chi connectivity index (χ0n) is 16.3. The van der Waals surface area contributed by atoms with E-state index in [1.165, 1.54) is 19.3 Å². The highest BCUT2D eigenvalue weighted by molar-refractivity contribution is 5.85. The number of amides is 1. The van der Waals surface area contributed by atoms with Crippen molar-refractivity contribution in [2.75, 3.05) is 6.61 Å². The van der Waals surface area contributed by atoms with Crippen LogP contribution >= 0.6 is 0 Å². The summed E-state index contributed by atoms with van der Waals surface area (Å²) in [5.41, 5.74) is 0.649. The molecule has 1 amide bonds. The lowest BCUT2D eigenvalue weighted by Crippen LogP contribution is -2.53. The SMILES string of the molecule is CCOc1cccc2cc(C(C)NC(=O)C34CC5CC(CC(C5)C3)C4)oc12. The second-order valence-corrected chi connectivity index (χ2v) is 9.15. The summed E-state index contributed by atoms with van der Waals surface area (Å²) in [4.78, 5) is 13.3. The minimum Gasteiger partial charge on any atom is -0.490 e. The molecule has 6 rings (SSSR count). The summed E-state index contributed by atoms with van der Waals surface area (Å²) in [6.07, 6.45) is 7.33. The lowest BCUT2D eigenvalue weighted by molar-refractivity contribution is -0.147. The fourth-order valence-electron chi connectivity index (χ4n) is 6.35. The third-order valence-corrected chi connectivity index (χ3v) is 7.12. The maximum Gasteiger partial charge on any atom is 0.226 e. The van der Waals surface area contributed by atoms with Gasteiger partial charge in [-0.3, -0.25) is 4.79 Å². The first-order chi connectivity index (χ1) is 13.1. The maximum atomic E-state index is 13.3. The molecule has 4 heteroatoms. The van der Waals surface area contributed by atoms with Gasteiger partial charge in [0.05, 0.1) is 12.6 Å². The molecule has 4 aliphatic rings. The van der Waals surface area contributed by atoms with E-state index in [1.54, 1.807) is 0 Å². The number of furan rings is 1. The summed E-state index contributed by atoms with van der Waals surface area (Å²) in [5.74, 6) is 4.14. The molecule has 1 heterocycles. The summed E-state index contributed by atoms with van der Waals surface area (Å²) in [5, 5.41) is 4.31. The zero-order valence-corrected chi connectivity index (χ0v) is 16.3. The fourth-order valence-corrected chi connectivity index (χ4v) is 6.35. The molecule has 1 N–H and O–H groups in total. The Morgan fingerprint density at radius 3 is 2.52 bits per heavy atom. The van der Waals surface area contributed by atoms with Crippen LogP contribution in [0.1, 0.15) is 64.2 Å². The van der Waals surface area contributed by atoms with Crippen molar-refractivity contribution in [3.63, 3.8) is 0 Å². The Balaban J connectivity index is 1.36. The average molecular weight is 367 g/mol. The van der Waals surface area contributed by atoms with Crippen LogP contribution in [0, 0.1) is 23.2 Å². The third-order valence-electron chi connectivity index (χ3n) is 7.12. The lowest BCUT2D eigenvalue weighted by Gasteiger charge is -2.55. The number of fused-ring (bicyclic) bond motifs is 1. The van der Waals surface area contributed by atoms with Gasteiger partial charge in [0.15, 0.2) is 11.3 Å². The normalized spacial score (nSPS) is 32.6. The Morgan fingerprint density at radius 2 is 1.89 bits per heavy atom. The Morgan fingerprint density at radius 1 is 1.22 bits per heavy atom. The van der Waals surface area contributed by atoms with Gasteiger partial charge in [-0.05, 0) is 82.3 Å². The minimum absolute atomic E-state index is 0.120. The van der Waals surface area contributed by atoms with Gasteiger partial charge < -0.3 is 14.5 Å². The highest BCUT2D eigenvalue weighted by Crippen LogP contribution is 2.60. The quantitative estimate of drug-likeness (QED) is 0.788. The van der Waals surface area contributed by atoms with Crippen molar-refractivity contribution >= 4 is 16.9 Å². The summed E-state index contributed by atoms with van der Waals surface area (Å²) >= 11 is 0. The van der Waals surface area contributed by atoms with E-state index >= 15 is 0 Å². The van der Waals surface area contributed by atoms with Gasteiger partial charge >= 0.3 is 0 Å². The van der Waals surface area contributed by atoms with E-state index in [9.17, 15) is 4.79 Å². The van der Waals surface area contributed by atoms with Gasteiger partial charge in [0.25, 0.3) is 0 Å². The van der Waals surface area contributed by atoms with Crippen molar-refractivity contribution in [3.8, 4) is 5.75 Å². The number of hydrogen-bond donors (Lipinski definition) is 1. The van der Waals surface area contributed by atoms with E-state index in [0.29, 0.717) is 6.61 Å². The van der Waals surface area contributed by atoms with Crippen molar-refractivity contribution in [2.24, 2.45) is 23.2 Å². The third kappa shape index (κ3) is 2.84. The Bertz CT molecular complexity index is 832. The van der Waals surface area contributed by atoms with Crippen LogP contribution < -0.4 is 10.1 Å². The zero-order chi connectivity index (χ0) is 18.6. The van der Waals surface area contributed by atoms with Crippen LogP contribution in [0.3, 0.4) is 0 Å². The van der Waals surface area contributed by atoms with E-state index in [4.69, 9.17) is 9.15 Å². The smallest absolute Gasteiger partial charge is 0.226 e.